The van der Waals surface area contributed by atoms with E-state index in [1.807, 2.05) is 24.3 Å². The summed E-state index contributed by atoms with van der Waals surface area (Å²) in [7, 11) is 0. The maximum Gasteiger partial charge on any atom is 0.303 e. The molecule has 2 rings (SSSR count). The van der Waals surface area contributed by atoms with Gasteiger partial charge in [-0.1, -0.05) is 24.3 Å². The first-order chi connectivity index (χ1) is 6.77. The van der Waals surface area contributed by atoms with E-state index in [2.05, 4.69) is 0 Å². The first-order valence-corrected chi connectivity index (χ1v) is 4.44. The Labute approximate surface area is 81.0 Å². The largest absolute Gasteiger partial charge is 0.481 e. The summed E-state index contributed by atoms with van der Waals surface area (Å²) >= 11 is 0. The van der Waals surface area contributed by atoms with Gasteiger partial charge in [0.2, 0.25) is 0 Å². The van der Waals surface area contributed by atoms with Gasteiger partial charge in [-0.25, -0.2) is 0 Å². The summed E-state index contributed by atoms with van der Waals surface area (Å²) in [6.45, 7) is 0. The molecule has 0 bridgehead atoms. The van der Waals surface area contributed by atoms with E-state index >= 15 is 0 Å². The fourth-order valence-electron chi connectivity index (χ4n) is 1.47. The van der Waals surface area contributed by atoms with Crippen LogP contribution in [0.1, 0.15) is 12.2 Å². The van der Waals surface area contributed by atoms with E-state index in [0.29, 0.717) is 6.42 Å². The number of aliphatic carboxylic acids is 1. The molecule has 0 aliphatic heterocycles. The predicted octanol–water partition coefficient (Wildman–Crippen LogP) is 2.45. The number of furan rings is 1. The molecule has 0 spiro atoms. The highest BCUT2D eigenvalue weighted by Gasteiger charge is 2.06. The molecule has 0 saturated carbocycles. The fraction of sp³-hybridized carbons (Fsp3) is 0.182. The summed E-state index contributed by atoms with van der Waals surface area (Å²) in [6.07, 6.45) is 2.22. The van der Waals surface area contributed by atoms with Crippen LogP contribution < -0.4 is 0 Å². The van der Waals surface area contributed by atoms with Crippen molar-refractivity contribution in [3.05, 3.63) is 36.3 Å². The van der Waals surface area contributed by atoms with E-state index in [9.17, 15) is 4.79 Å². The zero-order valence-corrected chi connectivity index (χ0v) is 7.56. The van der Waals surface area contributed by atoms with Crippen molar-refractivity contribution in [3.8, 4) is 0 Å². The predicted molar refractivity (Wildman–Crippen MR) is 52.2 cm³/mol. The lowest BCUT2D eigenvalue weighted by Gasteiger charge is -1.93. The third-order valence-electron chi connectivity index (χ3n) is 2.16. The second-order valence-electron chi connectivity index (χ2n) is 3.14. The molecule has 72 valence electrons. The molecule has 0 fully saturated rings. The minimum Gasteiger partial charge on any atom is -0.481 e. The van der Waals surface area contributed by atoms with Crippen molar-refractivity contribution in [2.24, 2.45) is 0 Å². The quantitative estimate of drug-likeness (QED) is 0.808. The molecule has 1 aromatic heterocycles. The number of fused-ring (bicyclic) bond motifs is 1. The molecular weight excluding hydrogens is 180 g/mol. The van der Waals surface area contributed by atoms with Crippen molar-refractivity contribution in [2.45, 2.75) is 12.8 Å². The van der Waals surface area contributed by atoms with E-state index in [0.717, 1.165) is 16.5 Å². The summed E-state index contributed by atoms with van der Waals surface area (Å²) in [6, 6.07) is 7.74. The molecule has 0 saturated heterocycles. The number of benzene rings is 1. The summed E-state index contributed by atoms with van der Waals surface area (Å²) in [5, 5.41) is 10.6. The number of carbonyl (C=O) groups is 1. The number of rotatable bonds is 3. The number of carboxylic acids is 1. The molecule has 0 aliphatic rings. The molecule has 0 amide bonds. The summed E-state index contributed by atoms with van der Waals surface area (Å²) in [5.41, 5.74) is 0. The van der Waals surface area contributed by atoms with Gasteiger partial charge in [0.25, 0.3) is 0 Å². The van der Waals surface area contributed by atoms with Crippen LogP contribution >= 0.6 is 0 Å². The molecule has 0 aliphatic carbocycles. The van der Waals surface area contributed by atoms with Crippen LogP contribution in [0, 0.1) is 0 Å². The molecule has 3 nitrogen and oxygen atoms in total. The number of carboxylic acid groups (broad SMARTS) is 1. The van der Waals surface area contributed by atoms with Gasteiger partial charge in [-0.05, 0) is 0 Å². The van der Waals surface area contributed by atoms with Gasteiger partial charge in [0.05, 0.1) is 12.7 Å². The molecule has 3 heteroatoms. The second-order valence-corrected chi connectivity index (χ2v) is 3.14. The SMILES string of the molecule is O=C(O)CCc1occ2ccccc12. The third kappa shape index (κ3) is 1.62. The van der Waals surface area contributed by atoms with Gasteiger partial charge < -0.3 is 9.52 Å². The smallest absolute Gasteiger partial charge is 0.303 e. The fourth-order valence-corrected chi connectivity index (χ4v) is 1.47. The molecule has 0 unspecified atom stereocenters. The maximum atomic E-state index is 10.4. The van der Waals surface area contributed by atoms with Gasteiger partial charge in [0, 0.05) is 17.2 Å². The van der Waals surface area contributed by atoms with Crippen LogP contribution in [0.15, 0.2) is 34.9 Å². The van der Waals surface area contributed by atoms with Gasteiger partial charge in [-0.15, -0.1) is 0 Å². The average molecular weight is 190 g/mol. The zero-order chi connectivity index (χ0) is 9.97. The highest BCUT2D eigenvalue weighted by atomic mass is 16.4. The first-order valence-electron chi connectivity index (χ1n) is 4.44. The Morgan fingerprint density at radius 3 is 2.93 bits per heavy atom. The van der Waals surface area contributed by atoms with Crippen LogP contribution in [-0.2, 0) is 11.2 Å². The van der Waals surface area contributed by atoms with Crippen LogP contribution in [-0.4, -0.2) is 11.1 Å². The summed E-state index contributed by atoms with van der Waals surface area (Å²) in [4.78, 5) is 10.4. The molecular formula is C11H10O3. The van der Waals surface area contributed by atoms with Crippen molar-refractivity contribution in [2.75, 3.05) is 0 Å². The Hall–Kier alpha value is -1.77. The minimum atomic E-state index is -0.800. The van der Waals surface area contributed by atoms with Crippen molar-refractivity contribution in [1.82, 2.24) is 0 Å². The van der Waals surface area contributed by atoms with Gasteiger partial charge in [-0.2, -0.15) is 0 Å². The Kier molecular flexibility index (Phi) is 2.23. The van der Waals surface area contributed by atoms with Gasteiger partial charge in [0.1, 0.15) is 5.76 Å². The lowest BCUT2D eigenvalue weighted by Crippen LogP contribution is -1.96. The monoisotopic (exact) mass is 190 g/mol. The standard InChI is InChI=1S/C11H10O3/c12-11(13)6-5-10-9-4-2-1-3-8(9)7-14-10/h1-4,7H,5-6H2,(H,12,13). The highest BCUT2D eigenvalue weighted by molar-refractivity contribution is 5.84. The Bertz CT molecular complexity index is 456. The van der Waals surface area contributed by atoms with Crippen molar-refractivity contribution >= 4 is 16.7 Å². The Morgan fingerprint density at radius 1 is 1.36 bits per heavy atom. The normalized spacial score (nSPS) is 10.6. The van der Waals surface area contributed by atoms with Crippen LogP contribution in [0.5, 0.6) is 0 Å². The molecule has 1 heterocycles. The van der Waals surface area contributed by atoms with E-state index < -0.39 is 5.97 Å². The number of aryl methyl sites for hydroxylation is 1. The molecule has 0 radical (unpaired) electrons. The molecule has 1 aromatic carbocycles. The van der Waals surface area contributed by atoms with Crippen LogP contribution in [0.3, 0.4) is 0 Å². The lowest BCUT2D eigenvalue weighted by atomic mass is 10.1. The number of hydrogen-bond acceptors (Lipinski definition) is 2. The average Bonchev–Trinajstić information content (AvgIpc) is 2.58. The van der Waals surface area contributed by atoms with Gasteiger partial charge in [0.15, 0.2) is 0 Å². The van der Waals surface area contributed by atoms with Crippen molar-refractivity contribution in [1.29, 1.82) is 0 Å². The Balaban J connectivity index is 2.29. The highest BCUT2D eigenvalue weighted by Crippen LogP contribution is 2.21. The van der Waals surface area contributed by atoms with E-state index in [1.165, 1.54) is 0 Å². The van der Waals surface area contributed by atoms with Gasteiger partial charge in [-0.3, -0.25) is 4.79 Å². The molecule has 14 heavy (non-hydrogen) atoms. The minimum absolute atomic E-state index is 0.109. The van der Waals surface area contributed by atoms with Crippen LogP contribution in [0.2, 0.25) is 0 Å². The maximum absolute atomic E-state index is 10.4. The second kappa shape index (κ2) is 3.54. The van der Waals surface area contributed by atoms with Crippen LogP contribution in [0.25, 0.3) is 10.8 Å². The summed E-state index contributed by atoms with van der Waals surface area (Å²) in [5.74, 6) is -0.0477. The van der Waals surface area contributed by atoms with E-state index in [4.69, 9.17) is 9.52 Å². The number of hydrogen-bond donors (Lipinski definition) is 1. The molecule has 0 atom stereocenters. The van der Waals surface area contributed by atoms with E-state index in [-0.39, 0.29) is 6.42 Å². The van der Waals surface area contributed by atoms with E-state index in [1.54, 1.807) is 6.26 Å². The zero-order valence-electron chi connectivity index (χ0n) is 7.56. The molecule has 2 aromatic rings. The molecule has 1 N–H and O–H groups in total. The van der Waals surface area contributed by atoms with Gasteiger partial charge >= 0.3 is 5.97 Å². The Morgan fingerprint density at radius 2 is 2.14 bits per heavy atom. The van der Waals surface area contributed by atoms with Crippen LogP contribution in [0.4, 0.5) is 0 Å². The van der Waals surface area contributed by atoms with Crippen molar-refractivity contribution < 1.29 is 14.3 Å². The lowest BCUT2D eigenvalue weighted by molar-refractivity contribution is -0.137. The van der Waals surface area contributed by atoms with Crippen molar-refractivity contribution in [3.63, 3.8) is 0 Å². The topological polar surface area (TPSA) is 50.4 Å². The summed E-state index contributed by atoms with van der Waals surface area (Å²) < 4.78 is 5.30. The first kappa shape index (κ1) is 8.81. The third-order valence-corrected chi connectivity index (χ3v) is 2.16.